The number of nitrogens with one attached hydrogen (secondary N) is 1. The van der Waals surface area contributed by atoms with Crippen LogP contribution in [0.5, 0.6) is 11.5 Å². The van der Waals surface area contributed by atoms with Gasteiger partial charge >= 0.3 is 0 Å². The highest BCUT2D eigenvalue weighted by Crippen LogP contribution is 2.36. The van der Waals surface area contributed by atoms with Crippen molar-refractivity contribution in [3.05, 3.63) is 23.8 Å². The van der Waals surface area contributed by atoms with E-state index in [-0.39, 0.29) is 22.8 Å². The predicted octanol–water partition coefficient (Wildman–Crippen LogP) is 1.66. The second-order valence-electron chi connectivity index (χ2n) is 6.37. The van der Waals surface area contributed by atoms with Crippen molar-refractivity contribution >= 4 is 5.91 Å². The molecule has 0 saturated heterocycles. The van der Waals surface area contributed by atoms with Gasteiger partial charge in [-0.15, -0.1) is 0 Å². The van der Waals surface area contributed by atoms with Gasteiger partial charge in [-0.25, -0.2) is 0 Å². The third kappa shape index (κ3) is 4.11. The highest BCUT2D eigenvalue weighted by molar-refractivity contribution is 5.81. The molecule has 2 rings (SSSR count). The molecule has 0 aromatic heterocycles. The third-order valence-corrected chi connectivity index (χ3v) is 4.33. The maximum atomic E-state index is 12.1. The van der Waals surface area contributed by atoms with Gasteiger partial charge in [0.1, 0.15) is 0 Å². The van der Waals surface area contributed by atoms with E-state index in [0.29, 0.717) is 13.0 Å². The number of hydrogen-bond donors (Lipinski definition) is 4. The number of nitrogens with two attached hydrogens (primary N) is 1. The van der Waals surface area contributed by atoms with Gasteiger partial charge in [-0.3, -0.25) is 4.79 Å². The average molecular weight is 292 g/mol. The quantitative estimate of drug-likeness (QED) is 0.621. The molecule has 5 N–H and O–H groups in total. The van der Waals surface area contributed by atoms with Crippen LogP contribution < -0.4 is 11.1 Å². The standard InChI is InChI=1S/C16H24N2O3/c1-16(6-2-3-7-16)10-18-15(21)12(17)8-11-4-5-13(19)14(20)9-11/h4-5,9,12,19-20H,2-3,6-8,10,17H2,1H3,(H,18,21)/t12-/m0/s1. The predicted molar refractivity (Wildman–Crippen MR) is 81.0 cm³/mol. The van der Waals surface area contributed by atoms with Gasteiger partial charge in [0, 0.05) is 6.54 Å². The first kappa shape index (κ1) is 15.6. The summed E-state index contributed by atoms with van der Waals surface area (Å²) in [5, 5.41) is 21.6. The van der Waals surface area contributed by atoms with Gasteiger partial charge in [0.15, 0.2) is 11.5 Å². The maximum absolute atomic E-state index is 12.1. The molecule has 0 aliphatic heterocycles. The number of rotatable bonds is 5. The molecule has 0 unspecified atom stereocenters. The topological polar surface area (TPSA) is 95.6 Å². The zero-order valence-electron chi connectivity index (χ0n) is 12.4. The summed E-state index contributed by atoms with van der Waals surface area (Å²) in [4.78, 5) is 12.1. The average Bonchev–Trinajstić information content (AvgIpc) is 2.87. The molecule has 1 aromatic carbocycles. The van der Waals surface area contributed by atoms with Gasteiger partial charge < -0.3 is 21.3 Å². The molecule has 0 radical (unpaired) electrons. The number of hydrogen-bond acceptors (Lipinski definition) is 4. The molecular formula is C16H24N2O3. The van der Waals surface area contributed by atoms with E-state index in [4.69, 9.17) is 5.73 Å². The largest absolute Gasteiger partial charge is 0.504 e. The minimum atomic E-state index is -0.654. The lowest BCUT2D eigenvalue weighted by Gasteiger charge is -2.24. The molecule has 1 saturated carbocycles. The molecule has 0 bridgehead atoms. The van der Waals surface area contributed by atoms with E-state index >= 15 is 0 Å². The summed E-state index contributed by atoms with van der Waals surface area (Å²) in [6, 6.07) is 3.83. The maximum Gasteiger partial charge on any atom is 0.237 e. The van der Waals surface area contributed by atoms with Crippen molar-refractivity contribution < 1.29 is 15.0 Å². The molecule has 21 heavy (non-hydrogen) atoms. The molecule has 116 valence electrons. The first-order valence-electron chi connectivity index (χ1n) is 7.44. The molecule has 5 heteroatoms. The number of carbonyl (C=O) groups excluding carboxylic acids is 1. The van der Waals surface area contributed by atoms with Crippen LogP contribution in [0.2, 0.25) is 0 Å². The van der Waals surface area contributed by atoms with Crippen LogP contribution in [0, 0.1) is 5.41 Å². The summed E-state index contributed by atoms with van der Waals surface area (Å²) in [7, 11) is 0. The van der Waals surface area contributed by atoms with E-state index in [1.165, 1.54) is 25.0 Å². The first-order valence-corrected chi connectivity index (χ1v) is 7.44. The van der Waals surface area contributed by atoms with Crippen LogP contribution >= 0.6 is 0 Å². The molecule has 1 fully saturated rings. The summed E-state index contributed by atoms with van der Waals surface area (Å²) in [5.74, 6) is -0.541. The minimum absolute atomic E-state index is 0.171. The van der Waals surface area contributed by atoms with E-state index in [1.807, 2.05) is 0 Å². The van der Waals surface area contributed by atoms with Crippen molar-refractivity contribution in [3.63, 3.8) is 0 Å². The SMILES string of the molecule is CC1(CNC(=O)[C@@H](N)Cc2ccc(O)c(O)c2)CCCC1. The van der Waals surface area contributed by atoms with Crippen LogP contribution in [0.4, 0.5) is 0 Å². The Bertz CT molecular complexity index is 510. The van der Waals surface area contributed by atoms with Crippen LogP contribution in [-0.2, 0) is 11.2 Å². The fourth-order valence-corrected chi connectivity index (χ4v) is 2.88. The van der Waals surface area contributed by atoms with Crippen molar-refractivity contribution in [1.29, 1.82) is 0 Å². The van der Waals surface area contributed by atoms with Crippen LogP contribution in [0.3, 0.4) is 0 Å². The molecule has 1 amide bonds. The fraction of sp³-hybridized carbons (Fsp3) is 0.562. The van der Waals surface area contributed by atoms with Crippen LogP contribution in [0.15, 0.2) is 18.2 Å². The van der Waals surface area contributed by atoms with Gasteiger partial charge in [0.05, 0.1) is 6.04 Å². The summed E-state index contributed by atoms with van der Waals surface area (Å²) >= 11 is 0. The Labute approximate surface area is 125 Å². The molecule has 0 spiro atoms. The summed E-state index contributed by atoms with van der Waals surface area (Å²) in [6.07, 6.45) is 5.08. The number of phenols is 2. The van der Waals surface area contributed by atoms with Crippen molar-refractivity contribution in [1.82, 2.24) is 5.32 Å². The third-order valence-electron chi connectivity index (χ3n) is 4.33. The van der Waals surface area contributed by atoms with Crippen LogP contribution in [0.1, 0.15) is 38.2 Å². The Kier molecular flexibility index (Phi) is 4.73. The molecule has 1 atom stereocenters. The summed E-state index contributed by atoms with van der Waals surface area (Å²) < 4.78 is 0. The molecule has 1 aromatic rings. The number of phenolic OH excluding ortho intramolecular Hbond substituents is 2. The fourth-order valence-electron chi connectivity index (χ4n) is 2.88. The number of carbonyl (C=O) groups is 1. The lowest BCUT2D eigenvalue weighted by Crippen LogP contribution is -2.45. The zero-order chi connectivity index (χ0) is 15.5. The Morgan fingerprint density at radius 3 is 2.62 bits per heavy atom. The zero-order valence-corrected chi connectivity index (χ0v) is 12.4. The molecular weight excluding hydrogens is 268 g/mol. The lowest BCUT2D eigenvalue weighted by molar-refractivity contribution is -0.122. The van der Waals surface area contributed by atoms with Crippen molar-refractivity contribution in [2.45, 2.75) is 45.1 Å². The Morgan fingerprint density at radius 1 is 1.33 bits per heavy atom. The van der Waals surface area contributed by atoms with Crippen LogP contribution in [-0.4, -0.2) is 28.7 Å². The van der Waals surface area contributed by atoms with Gasteiger partial charge in [0.25, 0.3) is 0 Å². The van der Waals surface area contributed by atoms with Gasteiger partial charge in [-0.2, -0.15) is 0 Å². The van der Waals surface area contributed by atoms with E-state index in [0.717, 1.165) is 18.4 Å². The van der Waals surface area contributed by atoms with Crippen molar-refractivity contribution in [2.24, 2.45) is 11.1 Å². The number of aromatic hydroxyl groups is 2. The van der Waals surface area contributed by atoms with E-state index in [1.54, 1.807) is 6.07 Å². The Balaban J connectivity index is 1.85. The van der Waals surface area contributed by atoms with E-state index in [9.17, 15) is 15.0 Å². The molecule has 1 aliphatic rings. The second kappa shape index (κ2) is 6.35. The highest BCUT2D eigenvalue weighted by atomic mass is 16.3. The van der Waals surface area contributed by atoms with E-state index < -0.39 is 6.04 Å². The second-order valence-corrected chi connectivity index (χ2v) is 6.37. The summed E-state index contributed by atoms with van der Waals surface area (Å²) in [6.45, 7) is 2.87. The normalized spacial score (nSPS) is 18.4. The first-order chi connectivity index (χ1) is 9.89. The Hall–Kier alpha value is -1.75. The van der Waals surface area contributed by atoms with Gasteiger partial charge in [0.2, 0.25) is 5.91 Å². The van der Waals surface area contributed by atoms with E-state index in [2.05, 4.69) is 12.2 Å². The summed E-state index contributed by atoms with van der Waals surface area (Å²) in [5.41, 5.74) is 6.83. The van der Waals surface area contributed by atoms with Crippen molar-refractivity contribution in [2.75, 3.05) is 6.54 Å². The molecule has 5 nitrogen and oxygen atoms in total. The minimum Gasteiger partial charge on any atom is -0.504 e. The molecule has 1 aliphatic carbocycles. The highest BCUT2D eigenvalue weighted by Gasteiger charge is 2.29. The number of benzene rings is 1. The van der Waals surface area contributed by atoms with Crippen molar-refractivity contribution in [3.8, 4) is 11.5 Å². The van der Waals surface area contributed by atoms with Gasteiger partial charge in [-0.05, 0) is 42.4 Å². The number of amides is 1. The smallest absolute Gasteiger partial charge is 0.237 e. The Morgan fingerprint density at radius 2 is 2.00 bits per heavy atom. The van der Waals surface area contributed by atoms with Gasteiger partial charge in [-0.1, -0.05) is 25.8 Å². The monoisotopic (exact) mass is 292 g/mol. The lowest BCUT2D eigenvalue weighted by atomic mass is 9.89. The molecule has 0 heterocycles. The van der Waals surface area contributed by atoms with Crippen LogP contribution in [0.25, 0.3) is 0 Å².